The summed E-state index contributed by atoms with van der Waals surface area (Å²) in [4.78, 5) is 0. The molecule has 1 aromatic carbocycles. The van der Waals surface area contributed by atoms with Gasteiger partial charge in [0.15, 0.2) is 9.84 Å². The third-order valence-electron chi connectivity index (χ3n) is 2.81. The van der Waals surface area contributed by atoms with Gasteiger partial charge < -0.3 is 5.32 Å². The molecule has 2 rings (SSSR count). The maximum atomic E-state index is 11.4. The quantitative estimate of drug-likeness (QED) is 0.887. The van der Waals surface area contributed by atoms with Crippen LogP contribution < -0.4 is 5.32 Å². The lowest BCUT2D eigenvalue weighted by Gasteiger charge is -2.25. The van der Waals surface area contributed by atoms with E-state index >= 15 is 0 Å². The SMILES string of the molecule is C[C@@]1(Nc2ccccc2Cl)CCS(=O)(=O)C1. The van der Waals surface area contributed by atoms with E-state index in [1.54, 1.807) is 6.07 Å². The Morgan fingerprint density at radius 2 is 2.06 bits per heavy atom. The van der Waals surface area contributed by atoms with Crippen molar-refractivity contribution in [3.8, 4) is 0 Å². The van der Waals surface area contributed by atoms with Gasteiger partial charge in [0.1, 0.15) is 0 Å². The van der Waals surface area contributed by atoms with Crippen LogP contribution >= 0.6 is 11.6 Å². The molecule has 1 heterocycles. The number of sulfone groups is 1. The number of hydrogen-bond acceptors (Lipinski definition) is 3. The van der Waals surface area contributed by atoms with E-state index in [9.17, 15) is 8.42 Å². The van der Waals surface area contributed by atoms with Crippen LogP contribution in [0.4, 0.5) is 5.69 Å². The van der Waals surface area contributed by atoms with E-state index in [1.165, 1.54) is 0 Å². The molecular weight excluding hydrogens is 246 g/mol. The van der Waals surface area contributed by atoms with Crippen molar-refractivity contribution in [1.29, 1.82) is 0 Å². The largest absolute Gasteiger partial charge is 0.378 e. The van der Waals surface area contributed by atoms with E-state index < -0.39 is 15.4 Å². The Balaban J connectivity index is 2.20. The van der Waals surface area contributed by atoms with Crippen molar-refractivity contribution in [2.24, 2.45) is 0 Å². The smallest absolute Gasteiger partial charge is 0.152 e. The fourth-order valence-electron chi connectivity index (χ4n) is 2.00. The van der Waals surface area contributed by atoms with Crippen molar-refractivity contribution in [3.05, 3.63) is 29.3 Å². The Labute approximate surface area is 101 Å². The number of rotatable bonds is 2. The van der Waals surface area contributed by atoms with Gasteiger partial charge in [0.05, 0.1) is 22.2 Å². The van der Waals surface area contributed by atoms with Crippen molar-refractivity contribution < 1.29 is 8.42 Å². The van der Waals surface area contributed by atoms with Gasteiger partial charge in [-0.25, -0.2) is 8.42 Å². The molecule has 0 amide bonds. The lowest BCUT2D eigenvalue weighted by atomic mass is 10.0. The molecule has 0 aromatic heterocycles. The van der Waals surface area contributed by atoms with E-state index in [0.29, 0.717) is 11.4 Å². The fraction of sp³-hybridized carbons (Fsp3) is 0.455. The zero-order valence-electron chi connectivity index (χ0n) is 9.03. The number of anilines is 1. The van der Waals surface area contributed by atoms with Gasteiger partial charge in [-0.3, -0.25) is 0 Å². The van der Waals surface area contributed by atoms with Crippen LogP contribution in [0, 0.1) is 0 Å². The molecule has 1 atom stereocenters. The minimum absolute atomic E-state index is 0.172. The summed E-state index contributed by atoms with van der Waals surface area (Å²) in [6.07, 6.45) is 0.626. The molecule has 88 valence electrons. The standard InChI is InChI=1S/C11H14ClNO2S/c1-11(6-7-16(14,15)8-11)13-10-5-3-2-4-9(10)12/h2-5,13H,6-8H2,1H3/t11-/m1/s1. The molecule has 1 aliphatic rings. The van der Waals surface area contributed by atoms with Gasteiger partial charge in [0, 0.05) is 5.54 Å². The average molecular weight is 260 g/mol. The van der Waals surface area contributed by atoms with Gasteiger partial charge in [-0.2, -0.15) is 0 Å². The minimum atomic E-state index is -2.89. The van der Waals surface area contributed by atoms with Gasteiger partial charge >= 0.3 is 0 Å². The molecule has 0 bridgehead atoms. The first-order valence-corrected chi connectivity index (χ1v) is 7.33. The van der Waals surface area contributed by atoms with E-state index in [0.717, 1.165) is 5.69 Å². The number of benzene rings is 1. The molecule has 1 fully saturated rings. The van der Waals surface area contributed by atoms with E-state index in [1.807, 2.05) is 25.1 Å². The van der Waals surface area contributed by atoms with E-state index in [4.69, 9.17) is 11.6 Å². The number of para-hydroxylation sites is 1. The second-order valence-corrected chi connectivity index (χ2v) is 7.10. The maximum absolute atomic E-state index is 11.4. The van der Waals surface area contributed by atoms with Crippen molar-refractivity contribution in [2.45, 2.75) is 18.9 Å². The highest BCUT2D eigenvalue weighted by Gasteiger charge is 2.38. The van der Waals surface area contributed by atoms with E-state index in [2.05, 4.69) is 5.32 Å². The molecule has 0 spiro atoms. The van der Waals surface area contributed by atoms with Crippen LogP contribution in [-0.2, 0) is 9.84 Å². The summed E-state index contributed by atoms with van der Waals surface area (Å²) in [6, 6.07) is 7.37. The van der Waals surface area contributed by atoms with Crippen molar-refractivity contribution in [2.75, 3.05) is 16.8 Å². The topological polar surface area (TPSA) is 46.2 Å². The molecule has 0 saturated carbocycles. The predicted molar refractivity (Wildman–Crippen MR) is 66.8 cm³/mol. The zero-order chi connectivity index (χ0) is 11.8. The highest BCUT2D eigenvalue weighted by atomic mass is 35.5. The van der Waals surface area contributed by atoms with Gasteiger partial charge in [0.25, 0.3) is 0 Å². The summed E-state index contributed by atoms with van der Waals surface area (Å²) in [5, 5.41) is 3.85. The predicted octanol–water partition coefficient (Wildman–Crippen LogP) is 2.33. The second kappa shape index (κ2) is 3.93. The van der Waals surface area contributed by atoms with Crippen LogP contribution in [0.25, 0.3) is 0 Å². The van der Waals surface area contributed by atoms with Gasteiger partial charge in [-0.15, -0.1) is 0 Å². The third kappa shape index (κ3) is 2.50. The summed E-state index contributed by atoms with van der Waals surface area (Å²) in [6.45, 7) is 1.92. The maximum Gasteiger partial charge on any atom is 0.152 e. The highest BCUT2D eigenvalue weighted by Crippen LogP contribution is 2.30. The van der Waals surface area contributed by atoms with Crippen LogP contribution in [0.1, 0.15) is 13.3 Å². The molecule has 1 N–H and O–H groups in total. The number of halogens is 1. The van der Waals surface area contributed by atoms with Crippen molar-refractivity contribution in [1.82, 2.24) is 0 Å². The Morgan fingerprint density at radius 3 is 2.62 bits per heavy atom. The number of nitrogens with one attached hydrogen (secondary N) is 1. The molecule has 16 heavy (non-hydrogen) atoms. The third-order valence-corrected chi connectivity index (χ3v) is 5.05. The number of hydrogen-bond donors (Lipinski definition) is 1. The summed E-state index contributed by atoms with van der Waals surface area (Å²) < 4.78 is 22.9. The summed E-state index contributed by atoms with van der Waals surface area (Å²) in [5.41, 5.74) is 0.396. The van der Waals surface area contributed by atoms with Crippen LogP contribution in [0.15, 0.2) is 24.3 Å². The van der Waals surface area contributed by atoms with Crippen LogP contribution in [0.3, 0.4) is 0 Å². The molecule has 1 aliphatic heterocycles. The second-order valence-electron chi connectivity index (χ2n) is 4.51. The fourth-order valence-corrected chi connectivity index (χ4v) is 4.27. The Morgan fingerprint density at radius 1 is 1.38 bits per heavy atom. The molecule has 1 aromatic rings. The molecule has 0 radical (unpaired) electrons. The van der Waals surface area contributed by atoms with Gasteiger partial charge in [-0.05, 0) is 25.5 Å². The van der Waals surface area contributed by atoms with Gasteiger partial charge in [-0.1, -0.05) is 23.7 Å². The molecular formula is C11H14ClNO2S. The molecule has 0 aliphatic carbocycles. The van der Waals surface area contributed by atoms with Crippen LogP contribution in [0.5, 0.6) is 0 Å². The zero-order valence-corrected chi connectivity index (χ0v) is 10.6. The van der Waals surface area contributed by atoms with Crippen molar-refractivity contribution in [3.63, 3.8) is 0 Å². The Hall–Kier alpha value is -0.740. The first kappa shape index (κ1) is 11.7. The lowest BCUT2D eigenvalue weighted by molar-refractivity contribution is 0.574. The highest BCUT2D eigenvalue weighted by molar-refractivity contribution is 7.91. The van der Waals surface area contributed by atoms with Gasteiger partial charge in [0.2, 0.25) is 0 Å². The van der Waals surface area contributed by atoms with Crippen LogP contribution in [0.2, 0.25) is 5.02 Å². The van der Waals surface area contributed by atoms with Crippen molar-refractivity contribution >= 4 is 27.1 Å². The average Bonchev–Trinajstić information content (AvgIpc) is 2.45. The minimum Gasteiger partial charge on any atom is -0.378 e. The first-order chi connectivity index (χ1) is 7.40. The Kier molecular flexibility index (Phi) is 2.88. The normalized spacial score (nSPS) is 27.9. The summed E-state index contributed by atoms with van der Waals surface area (Å²) in [7, 11) is -2.89. The molecule has 1 saturated heterocycles. The molecule has 3 nitrogen and oxygen atoms in total. The molecule has 5 heteroatoms. The monoisotopic (exact) mass is 259 g/mol. The summed E-state index contributed by atoms with van der Waals surface area (Å²) in [5.74, 6) is 0.423. The first-order valence-electron chi connectivity index (χ1n) is 5.13. The van der Waals surface area contributed by atoms with Crippen LogP contribution in [-0.4, -0.2) is 25.5 Å². The molecule has 0 unspecified atom stereocenters. The summed E-state index contributed by atoms with van der Waals surface area (Å²) >= 11 is 6.02. The Bertz CT molecular complexity index is 500. The van der Waals surface area contributed by atoms with E-state index in [-0.39, 0.29) is 11.5 Å². The lowest BCUT2D eigenvalue weighted by Crippen LogP contribution is -2.35.